The van der Waals surface area contributed by atoms with Crippen LogP contribution in [-0.2, 0) is 0 Å². The van der Waals surface area contributed by atoms with Crippen LogP contribution >= 0.6 is 11.6 Å². The van der Waals surface area contributed by atoms with E-state index in [0.717, 1.165) is 0 Å². The quantitative estimate of drug-likeness (QED) is 0.784. The normalized spacial score (nSPS) is 9.95. The molecule has 0 aromatic heterocycles. The second kappa shape index (κ2) is 6.87. The predicted molar refractivity (Wildman–Crippen MR) is 77.0 cm³/mol. The van der Waals surface area contributed by atoms with E-state index in [9.17, 15) is 9.18 Å². The molecule has 5 heteroatoms. The van der Waals surface area contributed by atoms with Crippen LogP contribution < -0.4 is 4.74 Å². The molecule has 0 fully saturated rings. The summed E-state index contributed by atoms with van der Waals surface area (Å²) >= 11 is 5.96. The fraction of sp³-hybridized carbons (Fsp3) is 0.125. The third kappa shape index (κ3) is 4.04. The zero-order valence-corrected chi connectivity index (χ0v) is 11.7. The van der Waals surface area contributed by atoms with E-state index in [2.05, 4.69) is 0 Å². The van der Waals surface area contributed by atoms with E-state index in [0.29, 0.717) is 21.9 Å². The van der Waals surface area contributed by atoms with Gasteiger partial charge in [-0.15, -0.1) is 0 Å². The maximum atomic E-state index is 12.8. The number of ether oxygens (including phenoxy) is 1. The Morgan fingerprint density at radius 3 is 2.57 bits per heavy atom. The molecule has 2 aromatic rings. The molecule has 106 valence electrons. The molecule has 0 spiro atoms. The van der Waals surface area contributed by atoms with Gasteiger partial charge in [0.15, 0.2) is 5.78 Å². The standard InChI is InChI=1S/C16H11ClFNO2/c17-14-9-11(10-19)1-6-16(14)21-8-7-15(20)12-2-4-13(18)5-3-12/h1-6,9H,7-8H2. The molecule has 3 nitrogen and oxygen atoms in total. The number of nitrogens with zero attached hydrogens (tertiary/aromatic N) is 1. The van der Waals surface area contributed by atoms with Gasteiger partial charge in [-0.05, 0) is 42.5 Å². The summed E-state index contributed by atoms with van der Waals surface area (Å²) in [4.78, 5) is 11.9. The molecule has 2 aromatic carbocycles. The van der Waals surface area contributed by atoms with Crippen molar-refractivity contribution in [3.05, 3.63) is 64.4 Å². The SMILES string of the molecule is N#Cc1ccc(OCCC(=O)c2ccc(F)cc2)c(Cl)c1. The van der Waals surface area contributed by atoms with E-state index in [4.69, 9.17) is 21.6 Å². The van der Waals surface area contributed by atoms with Crippen molar-refractivity contribution in [3.63, 3.8) is 0 Å². The van der Waals surface area contributed by atoms with Gasteiger partial charge in [-0.2, -0.15) is 5.26 Å². The van der Waals surface area contributed by atoms with Crippen molar-refractivity contribution in [2.45, 2.75) is 6.42 Å². The highest BCUT2D eigenvalue weighted by Crippen LogP contribution is 2.25. The minimum Gasteiger partial charge on any atom is -0.492 e. The predicted octanol–water partition coefficient (Wildman–Crippen LogP) is 4.00. The molecular weight excluding hydrogens is 293 g/mol. The number of hydrogen-bond donors (Lipinski definition) is 0. The van der Waals surface area contributed by atoms with Gasteiger partial charge in [0.05, 0.1) is 23.3 Å². The molecule has 0 aliphatic rings. The van der Waals surface area contributed by atoms with E-state index < -0.39 is 0 Å². The van der Waals surface area contributed by atoms with Crippen molar-refractivity contribution in [2.24, 2.45) is 0 Å². The molecule has 0 amide bonds. The number of halogens is 2. The molecule has 0 saturated heterocycles. The maximum Gasteiger partial charge on any atom is 0.166 e. The minimum absolute atomic E-state index is 0.139. The van der Waals surface area contributed by atoms with Crippen LogP contribution in [0, 0.1) is 17.1 Å². The van der Waals surface area contributed by atoms with Gasteiger partial charge in [0, 0.05) is 12.0 Å². The van der Waals surface area contributed by atoms with Gasteiger partial charge in [-0.3, -0.25) is 4.79 Å². The summed E-state index contributed by atoms with van der Waals surface area (Å²) in [6, 6.07) is 12.0. The zero-order valence-electron chi connectivity index (χ0n) is 11.0. The number of ketones is 1. The van der Waals surface area contributed by atoms with Crippen molar-refractivity contribution < 1.29 is 13.9 Å². The number of carbonyl (C=O) groups is 1. The second-order valence-corrected chi connectivity index (χ2v) is 4.69. The molecule has 21 heavy (non-hydrogen) atoms. The molecule has 0 atom stereocenters. The summed E-state index contributed by atoms with van der Waals surface area (Å²) in [6.07, 6.45) is 0.155. The lowest BCUT2D eigenvalue weighted by molar-refractivity contribution is 0.0962. The fourth-order valence-corrected chi connectivity index (χ4v) is 1.96. The second-order valence-electron chi connectivity index (χ2n) is 4.29. The average molecular weight is 304 g/mol. The van der Waals surface area contributed by atoms with Gasteiger partial charge in [-0.25, -0.2) is 4.39 Å². The Hall–Kier alpha value is -2.38. The van der Waals surface area contributed by atoms with Crippen LogP contribution in [0.4, 0.5) is 4.39 Å². The number of carbonyl (C=O) groups excluding carboxylic acids is 1. The highest BCUT2D eigenvalue weighted by atomic mass is 35.5. The number of rotatable bonds is 5. The van der Waals surface area contributed by atoms with Crippen molar-refractivity contribution in [1.29, 1.82) is 5.26 Å². The minimum atomic E-state index is -0.382. The summed E-state index contributed by atoms with van der Waals surface area (Å²) in [6.45, 7) is 0.155. The summed E-state index contributed by atoms with van der Waals surface area (Å²) < 4.78 is 18.2. The monoisotopic (exact) mass is 303 g/mol. The van der Waals surface area contributed by atoms with Crippen LogP contribution in [0.1, 0.15) is 22.3 Å². The molecule has 2 rings (SSSR count). The van der Waals surface area contributed by atoms with Crippen LogP contribution in [0.25, 0.3) is 0 Å². The number of benzene rings is 2. The van der Waals surface area contributed by atoms with Crippen LogP contribution in [0.3, 0.4) is 0 Å². The van der Waals surface area contributed by atoms with Crippen LogP contribution in [0.2, 0.25) is 5.02 Å². The Balaban J connectivity index is 1.91. The number of Topliss-reactive ketones (excluding diaryl/α,β-unsaturated/α-hetero) is 1. The van der Waals surface area contributed by atoms with Gasteiger partial charge >= 0.3 is 0 Å². The van der Waals surface area contributed by atoms with Gasteiger partial charge in [-0.1, -0.05) is 11.6 Å². The summed E-state index contributed by atoms with van der Waals surface area (Å²) in [5, 5.41) is 9.05. The first-order valence-electron chi connectivity index (χ1n) is 6.21. The molecule has 0 aliphatic heterocycles. The Bertz CT molecular complexity index is 692. The molecule has 0 unspecified atom stereocenters. The molecule has 0 N–H and O–H groups in total. The summed E-state index contributed by atoms with van der Waals surface area (Å²) in [7, 11) is 0. The van der Waals surface area contributed by atoms with Gasteiger partial charge < -0.3 is 4.74 Å². The van der Waals surface area contributed by atoms with Gasteiger partial charge in [0.2, 0.25) is 0 Å². The van der Waals surface area contributed by atoms with E-state index in [1.54, 1.807) is 12.1 Å². The summed E-state index contributed by atoms with van der Waals surface area (Å²) in [5.41, 5.74) is 0.876. The first kappa shape index (κ1) is 15.0. The molecule has 0 saturated carbocycles. The fourth-order valence-electron chi connectivity index (χ4n) is 1.72. The Labute approximate surface area is 126 Å². The van der Waals surface area contributed by atoms with Crippen LogP contribution in [-0.4, -0.2) is 12.4 Å². The van der Waals surface area contributed by atoms with Crippen LogP contribution in [0.5, 0.6) is 5.75 Å². The number of hydrogen-bond acceptors (Lipinski definition) is 3. The third-order valence-corrected chi connectivity index (χ3v) is 3.11. The number of nitriles is 1. The highest BCUT2D eigenvalue weighted by molar-refractivity contribution is 6.32. The first-order valence-corrected chi connectivity index (χ1v) is 6.59. The van der Waals surface area contributed by atoms with Crippen molar-refractivity contribution in [1.82, 2.24) is 0 Å². The zero-order chi connectivity index (χ0) is 15.2. The van der Waals surface area contributed by atoms with E-state index in [1.165, 1.54) is 30.3 Å². The highest BCUT2D eigenvalue weighted by Gasteiger charge is 2.08. The first-order chi connectivity index (χ1) is 10.1. The largest absolute Gasteiger partial charge is 0.492 e. The van der Waals surface area contributed by atoms with Gasteiger partial charge in [0.1, 0.15) is 11.6 Å². The van der Waals surface area contributed by atoms with E-state index in [1.807, 2.05) is 6.07 Å². The van der Waals surface area contributed by atoms with E-state index >= 15 is 0 Å². The Kier molecular flexibility index (Phi) is 4.91. The smallest absolute Gasteiger partial charge is 0.166 e. The van der Waals surface area contributed by atoms with Gasteiger partial charge in [0.25, 0.3) is 0 Å². The molecule has 0 bridgehead atoms. The molecule has 0 radical (unpaired) electrons. The average Bonchev–Trinajstić information content (AvgIpc) is 2.49. The van der Waals surface area contributed by atoms with E-state index in [-0.39, 0.29) is 24.6 Å². The molecular formula is C16H11ClFNO2. The van der Waals surface area contributed by atoms with Crippen molar-refractivity contribution in [3.8, 4) is 11.8 Å². The Morgan fingerprint density at radius 1 is 1.24 bits per heavy atom. The lowest BCUT2D eigenvalue weighted by Crippen LogP contribution is -2.07. The molecule has 0 heterocycles. The van der Waals surface area contributed by atoms with Crippen molar-refractivity contribution in [2.75, 3.05) is 6.61 Å². The van der Waals surface area contributed by atoms with Crippen LogP contribution in [0.15, 0.2) is 42.5 Å². The lowest BCUT2D eigenvalue weighted by atomic mass is 10.1. The summed E-state index contributed by atoms with van der Waals surface area (Å²) in [5.74, 6) is -0.102. The lowest BCUT2D eigenvalue weighted by Gasteiger charge is -2.07. The topological polar surface area (TPSA) is 50.1 Å². The third-order valence-electron chi connectivity index (χ3n) is 2.81. The maximum absolute atomic E-state index is 12.8. The Morgan fingerprint density at radius 2 is 1.95 bits per heavy atom. The molecule has 0 aliphatic carbocycles. The van der Waals surface area contributed by atoms with Crippen molar-refractivity contribution >= 4 is 17.4 Å².